The number of carbonyl (C=O) groups excluding carboxylic acids is 1. The lowest BCUT2D eigenvalue weighted by Gasteiger charge is -2.10. The summed E-state index contributed by atoms with van der Waals surface area (Å²) >= 11 is 1.31. The zero-order valence-electron chi connectivity index (χ0n) is 12.0. The molecule has 0 spiro atoms. The van der Waals surface area contributed by atoms with E-state index >= 15 is 0 Å². The zero-order chi connectivity index (χ0) is 16.1. The molecule has 0 amide bonds. The normalized spacial score (nSPS) is 15.1. The van der Waals surface area contributed by atoms with Gasteiger partial charge in [-0.3, -0.25) is 4.79 Å². The minimum Gasteiger partial charge on any atom is -0.288 e. The number of aryl methyl sites for hydroxylation is 2. The van der Waals surface area contributed by atoms with Crippen LogP contribution in [0, 0.1) is 13.8 Å². The number of ketones is 1. The van der Waals surface area contributed by atoms with Crippen molar-refractivity contribution in [2.75, 3.05) is 0 Å². The van der Waals surface area contributed by atoms with Gasteiger partial charge in [0.25, 0.3) is 0 Å². The number of halogens is 3. The summed E-state index contributed by atoms with van der Waals surface area (Å²) in [5, 5.41) is 0. The van der Waals surface area contributed by atoms with Gasteiger partial charge in [0.05, 0.1) is 11.3 Å². The first-order valence-electron chi connectivity index (χ1n) is 6.84. The highest BCUT2D eigenvalue weighted by Crippen LogP contribution is 2.45. The van der Waals surface area contributed by atoms with E-state index in [1.54, 1.807) is 6.92 Å². The molecule has 3 rings (SSSR count). The van der Waals surface area contributed by atoms with E-state index in [-0.39, 0.29) is 17.0 Å². The Balaban J connectivity index is 2.01. The Hall–Kier alpha value is -1.76. The molecule has 0 N–H and O–H groups in total. The summed E-state index contributed by atoms with van der Waals surface area (Å²) in [7, 11) is 0. The monoisotopic (exact) mass is 326 g/mol. The van der Waals surface area contributed by atoms with Gasteiger partial charge >= 0.3 is 6.18 Å². The predicted molar refractivity (Wildman–Crippen MR) is 76.2 cm³/mol. The Morgan fingerprint density at radius 2 is 1.91 bits per heavy atom. The number of pyridine rings is 1. The molecule has 0 unspecified atom stereocenters. The third-order valence-corrected chi connectivity index (χ3v) is 4.78. The number of hydrogen-bond donors (Lipinski definition) is 0. The van der Waals surface area contributed by atoms with Crippen LogP contribution in [0.25, 0.3) is 0 Å². The van der Waals surface area contributed by atoms with Crippen LogP contribution >= 0.6 is 11.5 Å². The van der Waals surface area contributed by atoms with E-state index in [1.165, 1.54) is 24.5 Å². The topological polar surface area (TPSA) is 42.9 Å². The smallest absolute Gasteiger partial charge is 0.288 e. The third-order valence-electron chi connectivity index (χ3n) is 3.69. The van der Waals surface area contributed by atoms with E-state index in [2.05, 4.69) is 9.36 Å². The quantitative estimate of drug-likeness (QED) is 0.791. The third kappa shape index (κ3) is 2.65. The first-order valence-corrected chi connectivity index (χ1v) is 7.62. The first kappa shape index (κ1) is 15.1. The Kier molecular flexibility index (Phi) is 3.55. The van der Waals surface area contributed by atoms with Crippen molar-refractivity contribution in [1.29, 1.82) is 0 Å². The van der Waals surface area contributed by atoms with Crippen LogP contribution in [0.1, 0.15) is 56.6 Å². The van der Waals surface area contributed by atoms with E-state index in [0.717, 1.165) is 23.8 Å². The predicted octanol–water partition coefficient (Wildman–Crippen LogP) is 4.28. The van der Waals surface area contributed by atoms with Crippen molar-refractivity contribution in [1.82, 2.24) is 9.36 Å². The van der Waals surface area contributed by atoms with Crippen LogP contribution in [0.3, 0.4) is 0 Å². The van der Waals surface area contributed by atoms with Crippen molar-refractivity contribution in [2.24, 2.45) is 0 Å². The molecule has 1 fully saturated rings. The van der Waals surface area contributed by atoms with Crippen LogP contribution in [0.15, 0.2) is 12.1 Å². The molecule has 0 radical (unpaired) electrons. The summed E-state index contributed by atoms with van der Waals surface area (Å²) in [5.41, 5.74) is 0.489. The molecule has 2 aromatic heterocycles. The van der Waals surface area contributed by atoms with Gasteiger partial charge in [0, 0.05) is 16.1 Å². The maximum atomic E-state index is 12.7. The summed E-state index contributed by atoms with van der Waals surface area (Å²) in [6, 6.07) is 2.06. The molecule has 22 heavy (non-hydrogen) atoms. The molecule has 1 aliphatic carbocycles. The van der Waals surface area contributed by atoms with Gasteiger partial charge in [-0.2, -0.15) is 17.5 Å². The molecule has 0 aliphatic heterocycles. The SMILES string of the molecule is Cc1nc(C(F)(F)F)ccc1C(=O)c1c(C)nsc1C1CC1. The largest absolute Gasteiger partial charge is 0.433 e. The number of alkyl halides is 3. The molecule has 2 heterocycles. The Morgan fingerprint density at radius 3 is 2.45 bits per heavy atom. The second-order valence-electron chi connectivity index (χ2n) is 5.44. The lowest BCUT2D eigenvalue weighted by atomic mass is 9.99. The lowest BCUT2D eigenvalue weighted by Crippen LogP contribution is -2.13. The summed E-state index contributed by atoms with van der Waals surface area (Å²) in [5.74, 6) is 0.0831. The fourth-order valence-corrected chi connectivity index (χ4v) is 3.42. The maximum Gasteiger partial charge on any atom is 0.433 e. The molecule has 3 nitrogen and oxygen atoms in total. The molecule has 7 heteroatoms. The maximum absolute atomic E-state index is 12.7. The van der Waals surface area contributed by atoms with Crippen LogP contribution in [-0.4, -0.2) is 15.1 Å². The molecule has 0 aromatic carbocycles. The number of aromatic nitrogens is 2. The molecule has 0 atom stereocenters. The molecular formula is C15H13F3N2OS. The Morgan fingerprint density at radius 1 is 1.23 bits per heavy atom. The van der Waals surface area contributed by atoms with Crippen molar-refractivity contribution >= 4 is 17.3 Å². The average molecular weight is 326 g/mol. The van der Waals surface area contributed by atoms with Crippen LogP contribution in [0.5, 0.6) is 0 Å². The number of hydrogen-bond acceptors (Lipinski definition) is 4. The van der Waals surface area contributed by atoms with Gasteiger partial charge < -0.3 is 0 Å². The zero-order valence-corrected chi connectivity index (χ0v) is 12.8. The van der Waals surface area contributed by atoms with Gasteiger partial charge in [-0.05, 0) is 56.3 Å². The average Bonchev–Trinajstić information content (AvgIpc) is 3.20. The summed E-state index contributed by atoms with van der Waals surface area (Å²) in [4.78, 5) is 17.2. The lowest BCUT2D eigenvalue weighted by molar-refractivity contribution is -0.141. The van der Waals surface area contributed by atoms with Crippen LogP contribution in [0.4, 0.5) is 13.2 Å². The molecule has 1 aliphatic rings. The van der Waals surface area contributed by atoms with Crippen LogP contribution in [-0.2, 0) is 6.18 Å². The Bertz CT molecular complexity index is 748. The molecule has 1 saturated carbocycles. The molecule has 0 saturated heterocycles. The standard InChI is InChI=1S/C15H13F3N2OS/c1-7-10(5-6-11(19-7)15(16,17)18)13(21)12-8(2)20-22-14(12)9-3-4-9/h5-6,9H,3-4H2,1-2H3. The van der Waals surface area contributed by atoms with Crippen molar-refractivity contribution in [3.8, 4) is 0 Å². The fraction of sp³-hybridized carbons (Fsp3) is 0.400. The number of nitrogens with zero attached hydrogens (tertiary/aromatic N) is 2. The number of rotatable bonds is 3. The van der Waals surface area contributed by atoms with Crippen molar-refractivity contribution in [2.45, 2.75) is 38.8 Å². The van der Waals surface area contributed by atoms with E-state index in [0.29, 0.717) is 17.2 Å². The minimum atomic E-state index is -4.51. The summed E-state index contributed by atoms with van der Waals surface area (Å²) in [6.07, 6.45) is -2.44. The van der Waals surface area contributed by atoms with E-state index in [9.17, 15) is 18.0 Å². The van der Waals surface area contributed by atoms with Gasteiger partial charge in [0.1, 0.15) is 5.69 Å². The molecule has 0 bridgehead atoms. The van der Waals surface area contributed by atoms with Crippen LogP contribution in [0.2, 0.25) is 0 Å². The van der Waals surface area contributed by atoms with Gasteiger partial charge in [0.2, 0.25) is 0 Å². The number of carbonyl (C=O) groups is 1. The summed E-state index contributed by atoms with van der Waals surface area (Å²) in [6.45, 7) is 3.18. The van der Waals surface area contributed by atoms with Gasteiger partial charge in [-0.1, -0.05) is 0 Å². The van der Waals surface area contributed by atoms with Crippen molar-refractivity contribution in [3.05, 3.63) is 45.2 Å². The van der Waals surface area contributed by atoms with E-state index in [1.807, 2.05) is 0 Å². The summed E-state index contributed by atoms with van der Waals surface area (Å²) < 4.78 is 42.2. The molecule has 2 aromatic rings. The molecular weight excluding hydrogens is 313 g/mol. The second-order valence-corrected chi connectivity index (χ2v) is 6.24. The van der Waals surface area contributed by atoms with E-state index < -0.39 is 11.9 Å². The van der Waals surface area contributed by atoms with Gasteiger partial charge in [-0.15, -0.1) is 0 Å². The van der Waals surface area contributed by atoms with E-state index in [4.69, 9.17) is 0 Å². The molecule has 116 valence electrons. The van der Waals surface area contributed by atoms with Crippen LogP contribution < -0.4 is 0 Å². The highest BCUT2D eigenvalue weighted by molar-refractivity contribution is 7.06. The van der Waals surface area contributed by atoms with Crippen molar-refractivity contribution < 1.29 is 18.0 Å². The second kappa shape index (κ2) is 5.15. The first-order chi connectivity index (χ1) is 10.3. The van der Waals surface area contributed by atoms with Gasteiger partial charge in [0.15, 0.2) is 5.78 Å². The highest BCUT2D eigenvalue weighted by Gasteiger charge is 2.35. The fourth-order valence-electron chi connectivity index (χ4n) is 2.38. The highest BCUT2D eigenvalue weighted by atomic mass is 32.1. The van der Waals surface area contributed by atoms with Crippen molar-refractivity contribution in [3.63, 3.8) is 0 Å². The Labute approximate surface area is 129 Å². The minimum absolute atomic E-state index is 0.0900. The van der Waals surface area contributed by atoms with Gasteiger partial charge in [-0.25, -0.2) is 4.98 Å².